The van der Waals surface area contributed by atoms with Crippen molar-refractivity contribution in [2.45, 2.75) is 46.0 Å². The third-order valence-electron chi connectivity index (χ3n) is 3.86. The number of fused-ring (bicyclic) bond motifs is 1. The molecule has 1 aromatic rings. The Balaban J connectivity index is 2.49. The molecule has 0 unspecified atom stereocenters. The Morgan fingerprint density at radius 1 is 1.30 bits per heavy atom. The molecule has 0 saturated carbocycles. The minimum absolute atomic E-state index is 0.617. The molecule has 1 heterocycles. The van der Waals surface area contributed by atoms with Crippen LogP contribution in [0.4, 0.5) is 5.82 Å². The van der Waals surface area contributed by atoms with E-state index in [0.29, 0.717) is 5.92 Å². The lowest BCUT2D eigenvalue weighted by Gasteiger charge is -2.20. The van der Waals surface area contributed by atoms with E-state index in [2.05, 4.69) is 36.0 Å². The van der Waals surface area contributed by atoms with Crippen LogP contribution in [0, 0.1) is 17.2 Å². The molecule has 2 rings (SSSR count). The van der Waals surface area contributed by atoms with Crippen LogP contribution in [0.2, 0.25) is 0 Å². The van der Waals surface area contributed by atoms with E-state index in [-0.39, 0.29) is 0 Å². The molecule has 0 fully saturated rings. The van der Waals surface area contributed by atoms with Gasteiger partial charge in [0.1, 0.15) is 30.4 Å². The standard InChI is InChI=1S/C16H24N4/c1-11(2)9-15-13-6-4-3-5-12(13)14(10-18)16(20-15)19-8-7-17/h11H,3-9,17H2,1-2H3,(H,19,20)/p+2. The molecular weight excluding hydrogens is 248 g/mol. The lowest BCUT2D eigenvalue weighted by Crippen LogP contribution is -2.53. The second kappa shape index (κ2) is 6.71. The Hall–Kier alpha value is -1.60. The zero-order valence-corrected chi connectivity index (χ0v) is 12.7. The van der Waals surface area contributed by atoms with Crippen LogP contribution in [0.3, 0.4) is 0 Å². The molecule has 108 valence electrons. The number of aromatic amines is 1. The number of hydrogen-bond donors (Lipinski definition) is 2. The van der Waals surface area contributed by atoms with Gasteiger partial charge in [-0.05, 0) is 42.7 Å². The van der Waals surface area contributed by atoms with Crippen LogP contribution in [0.1, 0.15) is 49.1 Å². The van der Waals surface area contributed by atoms with E-state index in [9.17, 15) is 5.26 Å². The number of pyridine rings is 1. The molecule has 0 spiro atoms. The number of rotatable bonds is 5. The molecular formula is C16H26N4+2. The second-order valence-electron chi connectivity index (χ2n) is 6.01. The molecule has 20 heavy (non-hydrogen) atoms. The molecule has 0 amide bonds. The first-order valence-corrected chi connectivity index (χ1v) is 7.70. The predicted octanol–water partition coefficient (Wildman–Crippen LogP) is 1.10. The van der Waals surface area contributed by atoms with Crippen molar-refractivity contribution >= 4 is 5.82 Å². The zero-order valence-electron chi connectivity index (χ0n) is 12.7. The van der Waals surface area contributed by atoms with Gasteiger partial charge in [0, 0.05) is 6.42 Å². The summed E-state index contributed by atoms with van der Waals surface area (Å²) in [5.74, 6) is 1.51. The number of H-pyrrole nitrogens is 1. The largest absolute Gasteiger partial charge is 0.354 e. The fourth-order valence-corrected chi connectivity index (χ4v) is 3.01. The minimum atomic E-state index is 0.617. The maximum atomic E-state index is 9.52. The third kappa shape index (κ3) is 3.10. The van der Waals surface area contributed by atoms with Gasteiger partial charge in [-0.3, -0.25) is 5.32 Å². The number of anilines is 1. The zero-order chi connectivity index (χ0) is 14.5. The summed E-state index contributed by atoms with van der Waals surface area (Å²) >= 11 is 0. The van der Waals surface area contributed by atoms with E-state index >= 15 is 0 Å². The summed E-state index contributed by atoms with van der Waals surface area (Å²) in [4.78, 5) is 3.50. The van der Waals surface area contributed by atoms with Crippen molar-refractivity contribution in [1.29, 1.82) is 5.26 Å². The van der Waals surface area contributed by atoms with Gasteiger partial charge in [0.15, 0.2) is 0 Å². The minimum Gasteiger partial charge on any atom is -0.354 e. The van der Waals surface area contributed by atoms with Gasteiger partial charge < -0.3 is 5.73 Å². The van der Waals surface area contributed by atoms with Crippen LogP contribution in [0.5, 0.6) is 0 Å². The van der Waals surface area contributed by atoms with Gasteiger partial charge in [-0.15, -0.1) is 0 Å². The molecule has 4 heteroatoms. The summed E-state index contributed by atoms with van der Waals surface area (Å²) in [6, 6.07) is 2.40. The number of aromatic nitrogens is 1. The average molecular weight is 274 g/mol. The summed E-state index contributed by atoms with van der Waals surface area (Å²) in [6.07, 6.45) is 5.63. The Kier molecular flexibility index (Phi) is 4.97. The fraction of sp³-hybridized carbons (Fsp3) is 0.625. The van der Waals surface area contributed by atoms with Crippen molar-refractivity contribution in [3.63, 3.8) is 0 Å². The molecule has 0 atom stereocenters. The highest BCUT2D eigenvalue weighted by atomic mass is 15.0. The van der Waals surface area contributed by atoms with Gasteiger partial charge in [0.05, 0.1) is 0 Å². The number of hydrogen-bond acceptors (Lipinski definition) is 2. The summed E-state index contributed by atoms with van der Waals surface area (Å²) in [7, 11) is 0. The molecule has 0 radical (unpaired) electrons. The van der Waals surface area contributed by atoms with Gasteiger partial charge in [-0.1, -0.05) is 13.8 Å². The summed E-state index contributed by atoms with van der Waals surface area (Å²) in [6.45, 7) is 6.09. The number of nitrogens with one attached hydrogen (secondary N) is 2. The van der Waals surface area contributed by atoms with E-state index in [1.807, 2.05) is 0 Å². The van der Waals surface area contributed by atoms with E-state index in [1.165, 1.54) is 29.7 Å². The topological polar surface area (TPSA) is 77.6 Å². The maximum absolute atomic E-state index is 9.52. The van der Waals surface area contributed by atoms with Crippen molar-refractivity contribution in [2.75, 3.05) is 18.4 Å². The van der Waals surface area contributed by atoms with Gasteiger partial charge in [0.25, 0.3) is 5.82 Å². The van der Waals surface area contributed by atoms with Crippen LogP contribution in [-0.4, -0.2) is 13.1 Å². The second-order valence-corrected chi connectivity index (χ2v) is 6.01. The number of nitrogens with zero attached hydrogens (tertiary/aromatic N) is 1. The summed E-state index contributed by atoms with van der Waals surface area (Å²) in [5.41, 5.74) is 8.68. The molecule has 0 aromatic carbocycles. The van der Waals surface area contributed by atoms with Crippen molar-refractivity contribution in [3.8, 4) is 6.07 Å². The van der Waals surface area contributed by atoms with E-state index in [1.54, 1.807) is 0 Å². The lowest BCUT2D eigenvalue weighted by atomic mass is 9.86. The molecule has 5 N–H and O–H groups in total. The molecule has 4 nitrogen and oxygen atoms in total. The molecule has 0 aliphatic heterocycles. The van der Waals surface area contributed by atoms with Gasteiger partial charge >= 0.3 is 0 Å². The predicted molar refractivity (Wildman–Crippen MR) is 79.1 cm³/mol. The van der Waals surface area contributed by atoms with E-state index in [0.717, 1.165) is 43.7 Å². The molecule has 0 saturated heterocycles. The lowest BCUT2D eigenvalue weighted by molar-refractivity contribution is -0.379. The maximum Gasteiger partial charge on any atom is 0.291 e. The third-order valence-corrected chi connectivity index (χ3v) is 3.86. The van der Waals surface area contributed by atoms with Crippen LogP contribution >= 0.6 is 0 Å². The first-order valence-electron chi connectivity index (χ1n) is 7.70. The van der Waals surface area contributed by atoms with E-state index in [4.69, 9.17) is 0 Å². The SMILES string of the molecule is CC(C)Cc1[nH+]c(NCC[NH3+])c(C#N)c2c1CCCC2. The first-order chi connectivity index (χ1) is 9.67. The van der Waals surface area contributed by atoms with Gasteiger partial charge in [-0.25, -0.2) is 4.98 Å². The number of nitriles is 1. The van der Waals surface area contributed by atoms with Crippen molar-refractivity contribution < 1.29 is 10.7 Å². The Bertz CT molecular complexity index is 514. The quantitative estimate of drug-likeness (QED) is 0.843. The summed E-state index contributed by atoms with van der Waals surface area (Å²) < 4.78 is 0. The smallest absolute Gasteiger partial charge is 0.291 e. The highest BCUT2D eigenvalue weighted by Gasteiger charge is 2.25. The monoisotopic (exact) mass is 274 g/mol. The van der Waals surface area contributed by atoms with Crippen LogP contribution in [0.25, 0.3) is 0 Å². The van der Waals surface area contributed by atoms with E-state index < -0.39 is 0 Å². The normalized spacial score (nSPS) is 13.9. The van der Waals surface area contributed by atoms with Crippen LogP contribution in [-0.2, 0) is 19.3 Å². The molecule has 0 bridgehead atoms. The van der Waals surface area contributed by atoms with Crippen molar-refractivity contribution in [1.82, 2.24) is 0 Å². The Morgan fingerprint density at radius 2 is 2.00 bits per heavy atom. The highest BCUT2D eigenvalue weighted by molar-refractivity contribution is 5.56. The van der Waals surface area contributed by atoms with Crippen molar-refractivity contribution in [3.05, 3.63) is 22.4 Å². The van der Waals surface area contributed by atoms with Crippen LogP contribution in [0.15, 0.2) is 0 Å². The Labute approximate surface area is 121 Å². The first kappa shape index (κ1) is 14.8. The molecule has 1 aliphatic rings. The molecule has 1 aromatic heterocycles. The van der Waals surface area contributed by atoms with Crippen LogP contribution < -0.4 is 16.0 Å². The fourth-order valence-electron chi connectivity index (χ4n) is 3.01. The van der Waals surface area contributed by atoms with Crippen molar-refractivity contribution in [2.24, 2.45) is 5.92 Å². The number of quaternary nitrogens is 1. The Morgan fingerprint density at radius 3 is 2.60 bits per heavy atom. The highest BCUT2D eigenvalue weighted by Crippen LogP contribution is 2.29. The molecule has 1 aliphatic carbocycles. The average Bonchev–Trinajstić information content (AvgIpc) is 2.44. The van der Waals surface area contributed by atoms with Gasteiger partial charge in [0.2, 0.25) is 0 Å². The van der Waals surface area contributed by atoms with Gasteiger partial charge in [-0.2, -0.15) is 5.26 Å². The summed E-state index contributed by atoms with van der Waals surface area (Å²) in [5, 5.41) is 12.9.